The second-order valence-corrected chi connectivity index (χ2v) is 4.54. The normalized spacial score (nSPS) is 12.2. The van der Waals surface area contributed by atoms with E-state index in [1.165, 1.54) is 5.56 Å². The van der Waals surface area contributed by atoms with E-state index in [1.807, 2.05) is 42.5 Å². The van der Waals surface area contributed by atoms with E-state index in [1.54, 1.807) is 0 Å². The summed E-state index contributed by atoms with van der Waals surface area (Å²) in [5.74, 6) is 0.744. The number of benzene rings is 2. The van der Waals surface area contributed by atoms with E-state index in [0.29, 0.717) is 6.61 Å². The molecule has 2 aromatic rings. The van der Waals surface area contributed by atoms with Gasteiger partial charge in [0.05, 0.1) is 6.10 Å². The van der Waals surface area contributed by atoms with Gasteiger partial charge in [-0.05, 0) is 35.7 Å². The Bertz CT molecular complexity index is 540. The summed E-state index contributed by atoms with van der Waals surface area (Å²) >= 11 is 0. The average Bonchev–Trinajstić information content (AvgIpc) is 2.46. The summed E-state index contributed by atoms with van der Waals surface area (Å²) in [6.45, 7) is 2.80. The topological polar surface area (TPSA) is 55.5 Å². The van der Waals surface area contributed by atoms with Gasteiger partial charge in [0.2, 0.25) is 0 Å². The van der Waals surface area contributed by atoms with Gasteiger partial charge in [-0.25, -0.2) is 0 Å². The fraction of sp³-hybridized carbons (Fsp3) is 0.250. The Morgan fingerprint density at radius 1 is 1.16 bits per heavy atom. The molecule has 0 saturated carbocycles. The Hall–Kier alpha value is -1.84. The second-order valence-electron chi connectivity index (χ2n) is 4.54. The molecule has 0 amide bonds. The van der Waals surface area contributed by atoms with Crippen LogP contribution >= 0.6 is 0 Å². The smallest absolute Gasteiger partial charge is 0.120 e. The zero-order valence-electron chi connectivity index (χ0n) is 11.0. The molecule has 2 aromatic carbocycles. The quantitative estimate of drug-likeness (QED) is 0.865. The number of aryl methyl sites for hydroxylation is 1. The lowest BCUT2D eigenvalue weighted by Gasteiger charge is -2.12. The minimum absolute atomic E-state index is 0.210. The molecule has 0 radical (unpaired) electrons. The summed E-state index contributed by atoms with van der Waals surface area (Å²) in [7, 11) is 0. The van der Waals surface area contributed by atoms with E-state index >= 15 is 0 Å². The summed E-state index contributed by atoms with van der Waals surface area (Å²) in [4.78, 5) is 0. The Balaban J connectivity index is 2.06. The van der Waals surface area contributed by atoms with E-state index < -0.39 is 6.10 Å². The van der Waals surface area contributed by atoms with Gasteiger partial charge in [0.25, 0.3) is 0 Å². The molecule has 0 saturated heterocycles. The highest BCUT2D eigenvalue weighted by molar-refractivity contribution is 5.31. The molecule has 0 aliphatic heterocycles. The van der Waals surface area contributed by atoms with Gasteiger partial charge in [0, 0.05) is 6.54 Å². The monoisotopic (exact) mass is 257 g/mol. The van der Waals surface area contributed by atoms with E-state index in [0.717, 1.165) is 16.9 Å². The third-order valence-corrected chi connectivity index (χ3v) is 3.12. The summed E-state index contributed by atoms with van der Waals surface area (Å²) in [5.41, 5.74) is 8.60. The predicted octanol–water partition coefficient (Wildman–Crippen LogP) is 2.57. The minimum atomic E-state index is -0.637. The van der Waals surface area contributed by atoms with Gasteiger partial charge in [0.15, 0.2) is 0 Å². The number of rotatable bonds is 5. The molecule has 2 rings (SSSR count). The fourth-order valence-electron chi connectivity index (χ4n) is 1.88. The molecule has 19 heavy (non-hydrogen) atoms. The molecule has 0 bridgehead atoms. The Morgan fingerprint density at radius 3 is 2.68 bits per heavy atom. The number of hydrogen-bond acceptors (Lipinski definition) is 3. The maximum atomic E-state index is 9.70. The third kappa shape index (κ3) is 3.56. The van der Waals surface area contributed by atoms with Crippen molar-refractivity contribution in [3.63, 3.8) is 0 Å². The van der Waals surface area contributed by atoms with Crippen LogP contribution < -0.4 is 10.5 Å². The summed E-state index contributed by atoms with van der Waals surface area (Å²) in [6.07, 6.45) is -0.637. The lowest BCUT2D eigenvalue weighted by molar-refractivity contribution is 0.186. The van der Waals surface area contributed by atoms with Crippen LogP contribution in [0.3, 0.4) is 0 Å². The van der Waals surface area contributed by atoms with Crippen LogP contribution in [0.5, 0.6) is 5.75 Å². The Labute approximate surface area is 113 Å². The molecular weight excluding hydrogens is 238 g/mol. The van der Waals surface area contributed by atoms with Crippen molar-refractivity contribution in [3.05, 3.63) is 65.2 Å². The van der Waals surface area contributed by atoms with Crippen LogP contribution in [0.25, 0.3) is 0 Å². The molecule has 0 fully saturated rings. The molecule has 0 aromatic heterocycles. The highest BCUT2D eigenvalue weighted by atomic mass is 16.5. The molecule has 0 heterocycles. The van der Waals surface area contributed by atoms with Crippen LogP contribution in [-0.2, 0) is 6.61 Å². The Kier molecular flexibility index (Phi) is 4.55. The predicted molar refractivity (Wildman–Crippen MR) is 76.0 cm³/mol. The van der Waals surface area contributed by atoms with E-state index in [4.69, 9.17) is 10.5 Å². The van der Waals surface area contributed by atoms with Gasteiger partial charge < -0.3 is 15.6 Å². The van der Waals surface area contributed by atoms with Crippen molar-refractivity contribution in [2.45, 2.75) is 19.6 Å². The zero-order chi connectivity index (χ0) is 13.7. The number of ether oxygens (including phenoxy) is 1. The van der Waals surface area contributed by atoms with Crippen LogP contribution in [0, 0.1) is 6.92 Å². The van der Waals surface area contributed by atoms with Crippen molar-refractivity contribution in [2.24, 2.45) is 5.73 Å². The second kappa shape index (κ2) is 6.36. The number of hydrogen-bond donors (Lipinski definition) is 2. The fourth-order valence-corrected chi connectivity index (χ4v) is 1.88. The third-order valence-electron chi connectivity index (χ3n) is 3.12. The van der Waals surface area contributed by atoms with Crippen LogP contribution in [0.15, 0.2) is 48.5 Å². The van der Waals surface area contributed by atoms with Crippen molar-refractivity contribution < 1.29 is 9.84 Å². The first kappa shape index (κ1) is 13.6. The zero-order valence-corrected chi connectivity index (χ0v) is 11.0. The maximum absolute atomic E-state index is 9.70. The van der Waals surface area contributed by atoms with E-state index in [2.05, 4.69) is 13.0 Å². The highest BCUT2D eigenvalue weighted by Gasteiger charge is 2.06. The molecule has 1 unspecified atom stereocenters. The van der Waals surface area contributed by atoms with Crippen molar-refractivity contribution in [1.82, 2.24) is 0 Å². The van der Waals surface area contributed by atoms with Gasteiger partial charge in [0.1, 0.15) is 12.4 Å². The highest BCUT2D eigenvalue weighted by Crippen LogP contribution is 2.20. The summed E-state index contributed by atoms with van der Waals surface area (Å²) < 4.78 is 5.76. The van der Waals surface area contributed by atoms with Crippen molar-refractivity contribution in [3.8, 4) is 5.75 Å². The minimum Gasteiger partial charge on any atom is -0.489 e. The van der Waals surface area contributed by atoms with Crippen LogP contribution in [0.2, 0.25) is 0 Å². The van der Waals surface area contributed by atoms with Gasteiger partial charge in [-0.1, -0.05) is 36.4 Å². The van der Waals surface area contributed by atoms with Crippen LogP contribution in [-0.4, -0.2) is 11.7 Å². The molecule has 3 N–H and O–H groups in total. The molecule has 0 spiro atoms. The standard InChI is InChI=1S/C16H19NO2/c1-12-5-2-3-6-14(12)11-19-15-8-4-7-13(9-15)16(18)10-17/h2-9,16,18H,10-11,17H2,1H3. The van der Waals surface area contributed by atoms with Crippen molar-refractivity contribution >= 4 is 0 Å². The number of aliphatic hydroxyl groups is 1. The molecular formula is C16H19NO2. The van der Waals surface area contributed by atoms with E-state index in [-0.39, 0.29) is 6.54 Å². The molecule has 0 aliphatic carbocycles. The molecule has 1 atom stereocenters. The SMILES string of the molecule is Cc1ccccc1COc1cccc(C(O)CN)c1. The maximum Gasteiger partial charge on any atom is 0.120 e. The first-order valence-corrected chi connectivity index (χ1v) is 6.36. The van der Waals surface area contributed by atoms with Crippen LogP contribution in [0.4, 0.5) is 0 Å². The first-order chi connectivity index (χ1) is 9.20. The number of aliphatic hydroxyl groups excluding tert-OH is 1. The van der Waals surface area contributed by atoms with E-state index in [9.17, 15) is 5.11 Å². The molecule has 100 valence electrons. The summed E-state index contributed by atoms with van der Waals surface area (Å²) in [5, 5.41) is 9.70. The van der Waals surface area contributed by atoms with Gasteiger partial charge in [-0.3, -0.25) is 0 Å². The molecule has 0 aliphatic rings. The van der Waals surface area contributed by atoms with Crippen molar-refractivity contribution in [2.75, 3.05) is 6.54 Å². The molecule has 3 nitrogen and oxygen atoms in total. The Morgan fingerprint density at radius 2 is 1.95 bits per heavy atom. The van der Waals surface area contributed by atoms with Crippen LogP contribution in [0.1, 0.15) is 22.8 Å². The first-order valence-electron chi connectivity index (χ1n) is 6.36. The largest absolute Gasteiger partial charge is 0.489 e. The average molecular weight is 257 g/mol. The lowest BCUT2D eigenvalue weighted by atomic mass is 10.1. The van der Waals surface area contributed by atoms with Crippen molar-refractivity contribution in [1.29, 1.82) is 0 Å². The van der Waals surface area contributed by atoms with Gasteiger partial charge >= 0.3 is 0 Å². The number of nitrogens with two attached hydrogens (primary N) is 1. The lowest BCUT2D eigenvalue weighted by Crippen LogP contribution is -2.11. The van der Waals surface area contributed by atoms with Gasteiger partial charge in [-0.15, -0.1) is 0 Å². The molecule has 3 heteroatoms. The van der Waals surface area contributed by atoms with Gasteiger partial charge in [-0.2, -0.15) is 0 Å². The summed E-state index contributed by atoms with van der Waals surface area (Å²) in [6, 6.07) is 15.5.